The zero-order valence-corrected chi connectivity index (χ0v) is 11.2. The molecule has 1 aliphatic rings. The molecular weight excluding hydrogens is 244 g/mol. The Balaban J connectivity index is 1.91. The number of hydrogen-bond acceptors (Lipinski definition) is 4. The third-order valence-electron chi connectivity index (χ3n) is 3.26. The summed E-state index contributed by atoms with van der Waals surface area (Å²) < 4.78 is 5.61. The van der Waals surface area contributed by atoms with Gasteiger partial charge in [0, 0.05) is 19.2 Å². The standard InChI is InChI=1S/C14H20N2O3/c1-2-15-13-9-12(5-6-14(13)16(17)18)10-19-8-7-11-3-4-11/h5-6,9,11,15H,2-4,7-8,10H2,1H3. The van der Waals surface area contributed by atoms with Crippen LogP contribution in [0.4, 0.5) is 11.4 Å². The van der Waals surface area contributed by atoms with Gasteiger partial charge in [-0.05, 0) is 37.0 Å². The van der Waals surface area contributed by atoms with Crippen molar-refractivity contribution in [3.8, 4) is 0 Å². The van der Waals surface area contributed by atoms with Crippen molar-refractivity contribution in [2.45, 2.75) is 32.8 Å². The van der Waals surface area contributed by atoms with Gasteiger partial charge in [0.15, 0.2) is 0 Å². The average molecular weight is 264 g/mol. The summed E-state index contributed by atoms with van der Waals surface area (Å²) in [5.41, 5.74) is 1.65. The van der Waals surface area contributed by atoms with Gasteiger partial charge in [0.25, 0.3) is 5.69 Å². The summed E-state index contributed by atoms with van der Waals surface area (Å²) in [5, 5.41) is 13.9. The number of ether oxygens (including phenoxy) is 1. The van der Waals surface area contributed by atoms with Crippen molar-refractivity contribution >= 4 is 11.4 Å². The van der Waals surface area contributed by atoms with E-state index >= 15 is 0 Å². The molecule has 19 heavy (non-hydrogen) atoms. The molecule has 0 unspecified atom stereocenters. The van der Waals surface area contributed by atoms with Gasteiger partial charge in [-0.1, -0.05) is 12.8 Å². The minimum Gasteiger partial charge on any atom is -0.380 e. The molecule has 0 bridgehead atoms. The monoisotopic (exact) mass is 264 g/mol. The molecule has 1 aromatic carbocycles. The normalized spacial score (nSPS) is 14.4. The Kier molecular flexibility index (Phi) is 4.74. The summed E-state index contributed by atoms with van der Waals surface area (Å²) in [5.74, 6) is 0.870. The minimum atomic E-state index is -0.365. The molecule has 5 nitrogen and oxygen atoms in total. The largest absolute Gasteiger partial charge is 0.380 e. The van der Waals surface area contributed by atoms with Crippen LogP contribution in [0.2, 0.25) is 0 Å². The summed E-state index contributed by atoms with van der Waals surface area (Å²) in [7, 11) is 0. The third kappa shape index (κ3) is 4.21. The van der Waals surface area contributed by atoms with Crippen LogP contribution in [0.1, 0.15) is 31.7 Å². The zero-order valence-electron chi connectivity index (χ0n) is 11.2. The van der Waals surface area contributed by atoms with Gasteiger partial charge in [0.05, 0.1) is 11.5 Å². The Hall–Kier alpha value is -1.62. The first-order valence-corrected chi connectivity index (χ1v) is 6.79. The van der Waals surface area contributed by atoms with E-state index in [0.717, 1.165) is 24.5 Å². The van der Waals surface area contributed by atoms with E-state index in [-0.39, 0.29) is 10.6 Å². The van der Waals surface area contributed by atoms with Crippen molar-refractivity contribution < 1.29 is 9.66 Å². The van der Waals surface area contributed by atoms with E-state index in [1.807, 2.05) is 6.92 Å². The van der Waals surface area contributed by atoms with E-state index in [2.05, 4.69) is 5.32 Å². The molecule has 1 aliphatic carbocycles. The van der Waals surface area contributed by atoms with Crippen molar-refractivity contribution in [1.82, 2.24) is 0 Å². The second-order valence-electron chi connectivity index (χ2n) is 4.92. The lowest BCUT2D eigenvalue weighted by atomic mass is 10.2. The number of hydrogen-bond donors (Lipinski definition) is 1. The molecule has 0 amide bonds. The number of rotatable bonds is 8. The van der Waals surface area contributed by atoms with Crippen molar-refractivity contribution in [1.29, 1.82) is 0 Å². The van der Waals surface area contributed by atoms with Crippen LogP contribution in [0.3, 0.4) is 0 Å². The van der Waals surface area contributed by atoms with E-state index in [0.29, 0.717) is 18.8 Å². The molecule has 2 rings (SSSR count). The van der Waals surface area contributed by atoms with Gasteiger partial charge < -0.3 is 10.1 Å². The first-order chi connectivity index (χ1) is 9.20. The van der Waals surface area contributed by atoms with Crippen molar-refractivity contribution in [2.24, 2.45) is 5.92 Å². The van der Waals surface area contributed by atoms with Gasteiger partial charge in [0.1, 0.15) is 5.69 Å². The Labute approximate surface area is 113 Å². The number of nitro groups is 1. The first-order valence-electron chi connectivity index (χ1n) is 6.79. The van der Waals surface area contributed by atoms with Crippen LogP contribution in [-0.4, -0.2) is 18.1 Å². The maximum Gasteiger partial charge on any atom is 0.292 e. The molecular formula is C14H20N2O3. The fourth-order valence-electron chi connectivity index (χ4n) is 2.01. The molecule has 104 valence electrons. The summed E-state index contributed by atoms with van der Waals surface area (Å²) in [6.45, 7) is 3.87. The second kappa shape index (κ2) is 6.52. The van der Waals surface area contributed by atoms with E-state index in [4.69, 9.17) is 4.74 Å². The molecule has 0 atom stereocenters. The van der Waals surface area contributed by atoms with Gasteiger partial charge in [-0.2, -0.15) is 0 Å². The van der Waals surface area contributed by atoms with Crippen LogP contribution in [0.15, 0.2) is 18.2 Å². The van der Waals surface area contributed by atoms with Crippen LogP contribution in [0, 0.1) is 16.0 Å². The lowest BCUT2D eigenvalue weighted by Crippen LogP contribution is -2.03. The lowest BCUT2D eigenvalue weighted by Gasteiger charge is -2.08. The zero-order chi connectivity index (χ0) is 13.7. The maximum absolute atomic E-state index is 10.9. The van der Waals surface area contributed by atoms with E-state index in [1.54, 1.807) is 12.1 Å². The molecule has 1 aromatic rings. The van der Waals surface area contributed by atoms with Crippen molar-refractivity contribution in [3.63, 3.8) is 0 Å². The predicted molar refractivity (Wildman–Crippen MR) is 74.3 cm³/mol. The Bertz CT molecular complexity index is 444. The molecule has 0 saturated heterocycles. The van der Waals surface area contributed by atoms with Crippen LogP contribution in [-0.2, 0) is 11.3 Å². The van der Waals surface area contributed by atoms with E-state index < -0.39 is 0 Å². The quantitative estimate of drug-likeness (QED) is 0.444. The van der Waals surface area contributed by atoms with Crippen LogP contribution >= 0.6 is 0 Å². The van der Waals surface area contributed by atoms with E-state index in [1.165, 1.54) is 18.9 Å². The molecule has 0 spiro atoms. The number of anilines is 1. The smallest absolute Gasteiger partial charge is 0.292 e. The summed E-state index contributed by atoms with van der Waals surface area (Å²) in [6.07, 6.45) is 3.81. The van der Waals surface area contributed by atoms with Crippen molar-refractivity contribution in [3.05, 3.63) is 33.9 Å². The molecule has 1 saturated carbocycles. The molecule has 0 aromatic heterocycles. The Morgan fingerprint density at radius 2 is 2.26 bits per heavy atom. The average Bonchev–Trinajstić information content (AvgIpc) is 3.19. The number of benzene rings is 1. The maximum atomic E-state index is 10.9. The number of nitrogens with one attached hydrogen (secondary N) is 1. The molecule has 1 N–H and O–H groups in total. The van der Waals surface area contributed by atoms with Gasteiger partial charge >= 0.3 is 0 Å². The number of nitro benzene ring substituents is 1. The van der Waals surface area contributed by atoms with Gasteiger partial charge in [0.2, 0.25) is 0 Å². The fraction of sp³-hybridized carbons (Fsp3) is 0.571. The van der Waals surface area contributed by atoms with Crippen LogP contribution < -0.4 is 5.32 Å². The van der Waals surface area contributed by atoms with Crippen molar-refractivity contribution in [2.75, 3.05) is 18.5 Å². The minimum absolute atomic E-state index is 0.114. The fourth-order valence-corrected chi connectivity index (χ4v) is 2.01. The third-order valence-corrected chi connectivity index (χ3v) is 3.26. The molecule has 0 radical (unpaired) electrons. The Morgan fingerprint density at radius 3 is 2.89 bits per heavy atom. The summed E-state index contributed by atoms with van der Waals surface area (Å²) in [4.78, 5) is 10.5. The van der Waals surface area contributed by atoms with E-state index in [9.17, 15) is 10.1 Å². The van der Waals surface area contributed by atoms with Gasteiger partial charge in [-0.3, -0.25) is 10.1 Å². The first kappa shape index (κ1) is 13.8. The lowest BCUT2D eigenvalue weighted by molar-refractivity contribution is -0.384. The highest BCUT2D eigenvalue weighted by Crippen LogP contribution is 2.32. The van der Waals surface area contributed by atoms with Crippen LogP contribution in [0.5, 0.6) is 0 Å². The molecule has 5 heteroatoms. The topological polar surface area (TPSA) is 64.4 Å². The summed E-state index contributed by atoms with van der Waals surface area (Å²) >= 11 is 0. The highest BCUT2D eigenvalue weighted by molar-refractivity contribution is 5.62. The van der Waals surface area contributed by atoms with Gasteiger partial charge in [-0.15, -0.1) is 0 Å². The highest BCUT2D eigenvalue weighted by atomic mass is 16.6. The number of nitrogens with zero attached hydrogens (tertiary/aromatic N) is 1. The van der Waals surface area contributed by atoms with Crippen LogP contribution in [0.25, 0.3) is 0 Å². The van der Waals surface area contributed by atoms with Gasteiger partial charge in [-0.25, -0.2) is 0 Å². The Morgan fingerprint density at radius 1 is 1.47 bits per heavy atom. The molecule has 1 fully saturated rings. The predicted octanol–water partition coefficient (Wildman–Crippen LogP) is 3.34. The molecule has 0 heterocycles. The highest BCUT2D eigenvalue weighted by Gasteiger charge is 2.20. The summed E-state index contributed by atoms with van der Waals surface area (Å²) in [6, 6.07) is 5.10. The molecule has 0 aliphatic heterocycles. The SMILES string of the molecule is CCNc1cc(COCCC2CC2)ccc1[N+](=O)[O-]. The second-order valence-corrected chi connectivity index (χ2v) is 4.92.